The van der Waals surface area contributed by atoms with Crippen LogP contribution >= 0.6 is 0 Å². The molecule has 4 aliphatic heterocycles. The zero-order valence-corrected chi connectivity index (χ0v) is 21.9. The molecular weight excluding hydrogens is 448 g/mol. The molecule has 0 saturated carbocycles. The molecular formula is C29H40N6O. The Morgan fingerprint density at radius 1 is 1.06 bits per heavy atom. The molecule has 1 aromatic carbocycles. The van der Waals surface area contributed by atoms with E-state index in [-0.39, 0.29) is 5.41 Å². The Morgan fingerprint density at radius 2 is 1.89 bits per heavy atom. The Hall–Kier alpha value is -2.38. The number of likely N-dealkylation sites (tertiary alicyclic amines) is 1. The fourth-order valence-corrected chi connectivity index (χ4v) is 7.75. The first-order valence-electron chi connectivity index (χ1n) is 14.1. The van der Waals surface area contributed by atoms with Crippen molar-refractivity contribution in [3.05, 3.63) is 41.1 Å². The Kier molecular flexibility index (Phi) is 5.62. The van der Waals surface area contributed by atoms with Crippen LogP contribution in [0.5, 0.6) is 6.01 Å². The number of para-hydroxylation sites is 1. The predicted molar refractivity (Wildman–Crippen MR) is 143 cm³/mol. The van der Waals surface area contributed by atoms with Crippen molar-refractivity contribution in [2.75, 3.05) is 56.7 Å². The van der Waals surface area contributed by atoms with Crippen LogP contribution in [-0.2, 0) is 19.3 Å². The molecule has 7 nitrogen and oxygen atoms in total. The molecule has 7 rings (SSSR count). The molecule has 3 fully saturated rings. The molecule has 5 heterocycles. The molecule has 2 bridgehead atoms. The summed E-state index contributed by atoms with van der Waals surface area (Å²) >= 11 is 0. The number of aromatic nitrogens is 2. The fraction of sp³-hybridized carbons (Fsp3) is 0.655. The molecule has 1 aliphatic carbocycles. The number of anilines is 2. The first-order chi connectivity index (χ1) is 17.6. The minimum absolute atomic E-state index is 0.229. The van der Waals surface area contributed by atoms with Gasteiger partial charge in [-0.25, -0.2) is 0 Å². The van der Waals surface area contributed by atoms with E-state index in [9.17, 15) is 0 Å². The van der Waals surface area contributed by atoms with Gasteiger partial charge in [-0.2, -0.15) is 9.97 Å². The van der Waals surface area contributed by atoms with Gasteiger partial charge in [-0.05, 0) is 82.0 Å². The Bertz CT molecular complexity index is 1130. The number of likely N-dealkylation sites (N-methyl/N-ethyl adjacent to an activating group) is 1. The Morgan fingerprint density at radius 3 is 2.69 bits per heavy atom. The van der Waals surface area contributed by atoms with E-state index in [1.165, 1.54) is 54.6 Å². The minimum Gasteiger partial charge on any atom is -0.462 e. The Balaban J connectivity index is 1.21. The number of piperazine rings is 1. The van der Waals surface area contributed by atoms with Crippen LogP contribution < -0.4 is 19.9 Å². The van der Waals surface area contributed by atoms with Crippen LogP contribution in [0.25, 0.3) is 0 Å². The lowest BCUT2D eigenvalue weighted by molar-refractivity contribution is 0.185. The van der Waals surface area contributed by atoms with Crippen LogP contribution in [0.1, 0.15) is 48.9 Å². The normalized spacial score (nSPS) is 31.6. The van der Waals surface area contributed by atoms with Gasteiger partial charge in [0, 0.05) is 56.1 Å². The van der Waals surface area contributed by atoms with E-state index in [1.54, 1.807) is 0 Å². The highest BCUT2D eigenvalue weighted by Crippen LogP contribution is 2.46. The third-order valence-corrected chi connectivity index (χ3v) is 9.63. The van der Waals surface area contributed by atoms with E-state index in [0.29, 0.717) is 30.7 Å². The highest BCUT2D eigenvalue weighted by Gasteiger charge is 2.42. The van der Waals surface area contributed by atoms with Gasteiger partial charge >= 0.3 is 6.01 Å². The van der Waals surface area contributed by atoms with Gasteiger partial charge < -0.3 is 24.8 Å². The molecule has 5 aliphatic rings. The smallest absolute Gasteiger partial charge is 0.318 e. The van der Waals surface area contributed by atoms with Crippen molar-refractivity contribution in [1.29, 1.82) is 0 Å². The largest absolute Gasteiger partial charge is 0.462 e. The van der Waals surface area contributed by atoms with E-state index in [2.05, 4.69) is 58.4 Å². The monoisotopic (exact) mass is 488 g/mol. The second kappa shape index (κ2) is 8.88. The molecule has 2 aromatic rings. The van der Waals surface area contributed by atoms with Gasteiger partial charge in [-0.15, -0.1) is 0 Å². The van der Waals surface area contributed by atoms with Crippen LogP contribution in [0.4, 0.5) is 11.5 Å². The van der Waals surface area contributed by atoms with Crippen molar-refractivity contribution >= 4 is 11.5 Å². The maximum Gasteiger partial charge on any atom is 0.318 e. The van der Waals surface area contributed by atoms with E-state index in [1.807, 2.05) is 0 Å². The summed E-state index contributed by atoms with van der Waals surface area (Å²) in [4.78, 5) is 17.7. The quantitative estimate of drug-likeness (QED) is 0.710. The maximum atomic E-state index is 6.36. The number of rotatable bonds is 4. The third kappa shape index (κ3) is 4.04. The van der Waals surface area contributed by atoms with Crippen LogP contribution in [0.15, 0.2) is 24.3 Å². The lowest BCUT2D eigenvalue weighted by Gasteiger charge is -2.46. The first kappa shape index (κ1) is 22.8. The van der Waals surface area contributed by atoms with Crippen LogP contribution in [0, 0.1) is 5.41 Å². The molecule has 192 valence electrons. The molecule has 4 atom stereocenters. The van der Waals surface area contributed by atoms with Crippen LogP contribution in [-0.4, -0.2) is 79.9 Å². The topological polar surface area (TPSA) is 56.8 Å². The summed E-state index contributed by atoms with van der Waals surface area (Å²) in [5.74, 6) is 1.16. The van der Waals surface area contributed by atoms with E-state index >= 15 is 0 Å². The van der Waals surface area contributed by atoms with Gasteiger partial charge in [0.25, 0.3) is 0 Å². The summed E-state index contributed by atoms with van der Waals surface area (Å²) in [7, 11) is 4.46. The number of ether oxygens (including phenoxy) is 1. The van der Waals surface area contributed by atoms with Gasteiger partial charge in [-0.3, -0.25) is 0 Å². The molecule has 7 heteroatoms. The number of hydrogen-bond acceptors (Lipinski definition) is 7. The van der Waals surface area contributed by atoms with Gasteiger partial charge in [0.05, 0.1) is 5.69 Å². The second-order valence-electron chi connectivity index (χ2n) is 12.2. The van der Waals surface area contributed by atoms with Crippen LogP contribution in [0.3, 0.4) is 0 Å². The number of nitrogens with one attached hydrogen (secondary N) is 1. The van der Waals surface area contributed by atoms with Crippen molar-refractivity contribution in [1.82, 2.24) is 20.2 Å². The average molecular weight is 489 g/mol. The zero-order valence-electron chi connectivity index (χ0n) is 21.9. The highest BCUT2D eigenvalue weighted by atomic mass is 16.5. The molecule has 1 spiro atoms. The summed E-state index contributed by atoms with van der Waals surface area (Å²) in [6.45, 7) is 5.02. The predicted octanol–water partition coefficient (Wildman–Crippen LogP) is 3.06. The molecule has 0 amide bonds. The zero-order chi connectivity index (χ0) is 24.3. The van der Waals surface area contributed by atoms with Gasteiger partial charge in [-0.1, -0.05) is 18.2 Å². The van der Waals surface area contributed by atoms with Crippen molar-refractivity contribution < 1.29 is 4.74 Å². The SMILES string of the molecule is CN1C[C@]2(CCc3c(nc(OC[C@@H]4CCCN4C)nc3N3C[C@H]4CC[C@@H](C3)N4)C2)Cc2ccccc21. The van der Waals surface area contributed by atoms with Gasteiger partial charge in [0.1, 0.15) is 12.4 Å². The lowest BCUT2D eigenvalue weighted by atomic mass is 9.67. The molecule has 0 radical (unpaired) electrons. The lowest BCUT2D eigenvalue weighted by Crippen LogP contribution is -2.52. The average Bonchev–Trinajstić information content (AvgIpc) is 3.45. The number of benzene rings is 1. The Labute approximate surface area is 215 Å². The molecule has 3 saturated heterocycles. The van der Waals surface area contributed by atoms with Crippen LogP contribution in [0.2, 0.25) is 0 Å². The number of nitrogens with zero attached hydrogens (tertiary/aromatic N) is 5. The summed E-state index contributed by atoms with van der Waals surface area (Å²) in [6.07, 6.45) is 9.41. The van der Waals surface area contributed by atoms with E-state index in [0.717, 1.165) is 51.3 Å². The van der Waals surface area contributed by atoms with E-state index < -0.39 is 0 Å². The minimum atomic E-state index is 0.229. The fourth-order valence-electron chi connectivity index (χ4n) is 7.75. The maximum absolute atomic E-state index is 6.36. The van der Waals surface area contributed by atoms with Gasteiger partial charge in [0.15, 0.2) is 0 Å². The van der Waals surface area contributed by atoms with Crippen molar-refractivity contribution in [3.8, 4) is 6.01 Å². The first-order valence-corrected chi connectivity index (χ1v) is 14.1. The molecule has 1 N–H and O–H groups in total. The van der Waals surface area contributed by atoms with Crippen molar-refractivity contribution in [3.63, 3.8) is 0 Å². The van der Waals surface area contributed by atoms with Crippen molar-refractivity contribution in [2.24, 2.45) is 5.41 Å². The summed E-state index contributed by atoms with van der Waals surface area (Å²) < 4.78 is 6.36. The third-order valence-electron chi connectivity index (χ3n) is 9.63. The molecule has 36 heavy (non-hydrogen) atoms. The standard InChI is InChI=1S/C29H40N6O/c1-33-13-5-7-23(33)18-36-28-31-25-15-29(14-20-6-3-4-8-26(20)34(2)19-29)12-11-24(25)27(32-28)35-16-21-9-10-22(17-35)30-21/h3-4,6,8,21-23,30H,5,7,9-19H2,1-2H3/t21-,22+,23-,29+/m0/s1. The number of hydrogen-bond donors (Lipinski definition) is 1. The van der Waals surface area contributed by atoms with Crippen molar-refractivity contribution in [2.45, 2.75) is 69.5 Å². The second-order valence-corrected chi connectivity index (χ2v) is 12.2. The molecule has 1 aromatic heterocycles. The van der Waals surface area contributed by atoms with E-state index in [4.69, 9.17) is 14.7 Å². The highest BCUT2D eigenvalue weighted by molar-refractivity contribution is 5.57. The number of fused-ring (bicyclic) bond motifs is 4. The molecule has 0 unspecified atom stereocenters. The summed E-state index contributed by atoms with van der Waals surface area (Å²) in [5, 5.41) is 3.79. The van der Waals surface area contributed by atoms with Gasteiger partial charge in [0.2, 0.25) is 0 Å². The summed E-state index contributed by atoms with van der Waals surface area (Å²) in [6, 6.07) is 11.2. The summed E-state index contributed by atoms with van der Waals surface area (Å²) in [5.41, 5.74) is 5.71.